The van der Waals surface area contributed by atoms with Gasteiger partial charge in [-0.15, -0.1) is 10.2 Å². The molecule has 0 bridgehead atoms. The van der Waals surface area contributed by atoms with Crippen LogP contribution in [0.3, 0.4) is 0 Å². The molecule has 9 heteroatoms. The fourth-order valence-electron chi connectivity index (χ4n) is 3.58. The van der Waals surface area contributed by atoms with E-state index in [1.54, 1.807) is 19.5 Å². The lowest BCUT2D eigenvalue weighted by Gasteiger charge is -2.24. The first-order valence-corrected chi connectivity index (χ1v) is 9.52. The zero-order valence-corrected chi connectivity index (χ0v) is 16.0. The number of ether oxygens (including phenoxy) is 2. The predicted molar refractivity (Wildman–Crippen MR) is 100 cm³/mol. The third-order valence-electron chi connectivity index (χ3n) is 5.25. The Labute approximate surface area is 166 Å². The molecule has 1 fully saturated rings. The summed E-state index contributed by atoms with van der Waals surface area (Å²) in [6.07, 6.45) is 4.57. The van der Waals surface area contributed by atoms with Crippen LogP contribution in [-0.4, -0.2) is 43.5 Å². The molecule has 3 heterocycles. The van der Waals surface area contributed by atoms with E-state index >= 15 is 0 Å². The Morgan fingerprint density at radius 1 is 1.32 bits per heavy atom. The molecule has 0 atom stereocenters. The molecule has 8 nitrogen and oxygen atoms in total. The van der Waals surface area contributed by atoms with Crippen molar-refractivity contribution in [3.63, 3.8) is 0 Å². The Morgan fingerprint density at radius 3 is 2.93 bits per heavy atom. The summed E-state index contributed by atoms with van der Waals surface area (Å²) in [5.41, 5.74) is 2.70. The molecule has 0 radical (unpaired) electrons. The molecule has 2 aliphatic rings. The van der Waals surface area contributed by atoms with Crippen LogP contribution in [0.1, 0.15) is 41.3 Å². The lowest BCUT2D eigenvalue weighted by atomic mass is 9.96. The topological polar surface area (TPSA) is 84.1 Å². The summed E-state index contributed by atoms with van der Waals surface area (Å²) in [5, 5.41) is 9.20. The van der Waals surface area contributed by atoms with Crippen molar-refractivity contribution < 1.29 is 14.3 Å². The number of halogens is 1. The second-order valence-corrected chi connectivity index (χ2v) is 7.42. The van der Waals surface area contributed by atoms with Gasteiger partial charge in [-0.3, -0.25) is 4.57 Å². The Bertz CT molecular complexity index is 1070. The highest BCUT2D eigenvalue weighted by atomic mass is 35.5. The zero-order valence-electron chi connectivity index (χ0n) is 15.3. The molecule has 1 saturated carbocycles. The highest BCUT2D eigenvalue weighted by molar-refractivity contribution is 6.31. The van der Waals surface area contributed by atoms with E-state index < -0.39 is 5.97 Å². The molecule has 144 valence electrons. The molecule has 0 amide bonds. The van der Waals surface area contributed by atoms with E-state index in [1.165, 1.54) is 0 Å². The summed E-state index contributed by atoms with van der Waals surface area (Å²) in [6.45, 7) is 0.682. The van der Waals surface area contributed by atoms with E-state index in [-0.39, 0.29) is 6.10 Å². The fourth-order valence-corrected chi connectivity index (χ4v) is 3.75. The average Bonchev–Trinajstić information content (AvgIpc) is 3.21. The van der Waals surface area contributed by atoms with Crippen LogP contribution < -0.4 is 0 Å². The van der Waals surface area contributed by atoms with E-state index in [0.717, 1.165) is 36.2 Å². The van der Waals surface area contributed by atoms with Gasteiger partial charge in [-0.1, -0.05) is 11.6 Å². The first kappa shape index (κ1) is 17.4. The normalized spacial score (nSPS) is 15.2. The van der Waals surface area contributed by atoms with E-state index in [2.05, 4.69) is 15.2 Å². The van der Waals surface area contributed by atoms with Gasteiger partial charge < -0.3 is 14.0 Å². The number of methoxy groups -OCH3 is 1. The van der Waals surface area contributed by atoms with Crippen LogP contribution in [-0.2, 0) is 22.6 Å². The smallest absolute Gasteiger partial charge is 0.359 e. The first-order chi connectivity index (χ1) is 13.7. The molecular formula is C19H18ClN5O3. The number of aromatic nitrogens is 5. The molecule has 1 aromatic carbocycles. The summed E-state index contributed by atoms with van der Waals surface area (Å²) in [7, 11) is 1.61. The number of hydrogen-bond acceptors (Lipinski definition) is 6. The number of hydrogen-bond donors (Lipinski definition) is 0. The minimum absolute atomic E-state index is 0.00348. The molecule has 2 aromatic heterocycles. The monoisotopic (exact) mass is 399 g/mol. The highest BCUT2D eigenvalue weighted by Gasteiger charge is 2.30. The molecule has 0 spiro atoms. The van der Waals surface area contributed by atoms with Crippen molar-refractivity contribution >= 4 is 17.6 Å². The van der Waals surface area contributed by atoms with Gasteiger partial charge in [-0.2, -0.15) is 0 Å². The second-order valence-electron chi connectivity index (χ2n) is 6.99. The lowest BCUT2D eigenvalue weighted by molar-refractivity contribution is 0.00828. The third-order valence-corrected chi connectivity index (χ3v) is 5.49. The van der Waals surface area contributed by atoms with Gasteiger partial charge in [0.15, 0.2) is 17.3 Å². The van der Waals surface area contributed by atoms with Crippen molar-refractivity contribution in [1.29, 1.82) is 0 Å². The van der Waals surface area contributed by atoms with Crippen LogP contribution in [0, 0.1) is 0 Å². The average molecular weight is 400 g/mol. The fraction of sp³-hybridized carbons (Fsp3) is 0.368. The number of esters is 1. The lowest BCUT2D eigenvalue weighted by Crippen LogP contribution is -2.26. The van der Waals surface area contributed by atoms with Crippen molar-refractivity contribution in [2.24, 2.45) is 0 Å². The van der Waals surface area contributed by atoms with Crippen LogP contribution in [0.15, 0.2) is 24.5 Å². The largest absolute Gasteiger partial charge is 0.458 e. The molecule has 1 aliphatic heterocycles. The van der Waals surface area contributed by atoms with Crippen LogP contribution in [0.4, 0.5) is 0 Å². The van der Waals surface area contributed by atoms with Crippen LogP contribution in [0.5, 0.6) is 0 Å². The van der Waals surface area contributed by atoms with Gasteiger partial charge in [0.2, 0.25) is 0 Å². The van der Waals surface area contributed by atoms with Crippen LogP contribution >= 0.6 is 11.6 Å². The molecule has 0 saturated heterocycles. The van der Waals surface area contributed by atoms with E-state index in [0.29, 0.717) is 35.5 Å². The van der Waals surface area contributed by atoms with E-state index in [1.807, 2.05) is 21.3 Å². The number of rotatable bonds is 4. The molecule has 28 heavy (non-hydrogen) atoms. The molecule has 3 aromatic rings. The molecule has 0 N–H and O–H groups in total. The quantitative estimate of drug-likeness (QED) is 0.490. The minimum atomic E-state index is -0.390. The number of imidazole rings is 1. The van der Waals surface area contributed by atoms with E-state index in [4.69, 9.17) is 21.1 Å². The minimum Gasteiger partial charge on any atom is -0.458 e. The van der Waals surface area contributed by atoms with Crippen molar-refractivity contribution in [2.45, 2.75) is 38.5 Å². The van der Waals surface area contributed by atoms with Gasteiger partial charge in [-0.05, 0) is 37.5 Å². The van der Waals surface area contributed by atoms with Crippen molar-refractivity contribution in [3.05, 3.63) is 46.8 Å². The maximum Gasteiger partial charge on any atom is 0.359 e. The number of benzene rings is 1. The Kier molecular flexibility index (Phi) is 4.17. The maximum absolute atomic E-state index is 12.7. The summed E-state index contributed by atoms with van der Waals surface area (Å²) in [4.78, 5) is 17.1. The first-order valence-electron chi connectivity index (χ1n) is 9.14. The van der Waals surface area contributed by atoms with Gasteiger partial charge >= 0.3 is 5.97 Å². The Morgan fingerprint density at radius 2 is 2.18 bits per heavy atom. The van der Waals surface area contributed by atoms with Crippen LogP contribution in [0.25, 0.3) is 17.1 Å². The second kappa shape index (κ2) is 6.72. The third kappa shape index (κ3) is 2.71. The van der Waals surface area contributed by atoms with Crippen LogP contribution in [0.2, 0.25) is 5.02 Å². The SMILES string of the molecule is COCc1nnc2n1Cc1c(C(=O)OC3CCC3)ncn1-c1ccc(Cl)cc1-2. The van der Waals surface area contributed by atoms with Gasteiger partial charge in [-0.25, -0.2) is 9.78 Å². The predicted octanol–water partition coefficient (Wildman–Crippen LogP) is 3.00. The molecule has 1 aliphatic carbocycles. The standard InChI is InChI=1S/C19H18ClN5O3/c1-27-9-16-22-23-18-13-7-11(20)5-6-14(13)25-10-21-17(15(25)8-24(16)18)19(26)28-12-3-2-4-12/h5-7,10,12H,2-4,8-9H2,1H3. The molecule has 5 rings (SSSR count). The zero-order chi connectivity index (χ0) is 19.3. The summed E-state index contributed by atoms with van der Waals surface area (Å²) >= 11 is 6.25. The Hall–Kier alpha value is -2.71. The van der Waals surface area contributed by atoms with Gasteiger partial charge in [0.05, 0.1) is 17.9 Å². The molecular weight excluding hydrogens is 382 g/mol. The highest BCUT2D eigenvalue weighted by Crippen LogP contribution is 2.34. The molecule has 0 unspecified atom stereocenters. The Balaban J connectivity index is 1.66. The van der Waals surface area contributed by atoms with Gasteiger partial charge in [0.25, 0.3) is 0 Å². The number of carbonyl (C=O) groups is 1. The van der Waals surface area contributed by atoms with Gasteiger partial charge in [0, 0.05) is 17.7 Å². The number of fused-ring (bicyclic) bond motifs is 5. The maximum atomic E-state index is 12.7. The van der Waals surface area contributed by atoms with E-state index in [9.17, 15) is 4.79 Å². The summed E-state index contributed by atoms with van der Waals surface area (Å²) in [5.74, 6) is 0.946. The van der Waals surface area contributed by atoms with Gasteiger partial charge in [0.1, 0.15) is 19.0 Å². The number of carbonyl (C=O) groups excluding carboxylic acids is 1. The number of nitrogens with zero attached hydrogens (tertiary/aromatic N) is 5. The van der Waals surface area contributed by atoms with Crippen molar-refractivity contribution in [2.75, 3.05) is 7.11 Å². The summed E-state index contributed by atoms with van der Waals surface area (Å²) in [6, 6.07) is 5.54. The van der Waals surface area contributed by atoms with Crippen molar-refractivity contribution in [3.8, 4) is 17.1 Å². The van der Waals surface area contributed by atoms with Crippen molar-refractivity contribution in [1.82, 2.24) is 24.3 Å². The summed E-state index contributed by atoms with van der Waals surface area (Å²) < 4.78 is 14.7.